The predicted molar refractivity (Wildman–Crippen MR) is 56.3 cm³/mol. The van der Waals surface area contributed by atoms with Gasteiger partial charge in [-0.3, -0.25) is 9.36 Å². The van der Waals surface area contributed by atoms with Crippen LogP contribution in [0, 0.1) is 18.3 Å². The molecule has 2 aromatic heterocycles. The molecule has 0 spiro atoms. The third-order valence-electron chi connectivity index (χ3n) is 2.13. The Morgan fingerprint density at radius 3 is 3.00 bits per heavy atom. The summed E-state index contributed by atoms with van der Waals surface area (Å²) in [5.74, 6) is 0. The quantitative estimate of drug-likeness (QED) is 0.722. The van der Waals surface area contributed by atoms with Gasteiger partial charge in [0, 0.05) is 17.3 Å². The Kier molecular flexibility index (Phi) is 2.35. The van der Waals surface area contributed by atoms with Gasteiger partial charge in [-0.15, -0.1) is 11.3 Å². The summed E-state index contributed by atoms with van der Waals surface area (Å²) >= 11 is 1.43. The van der Waals surface area contributed by atoms with Gasteiger partial charge in [0.05, 0.1) is 11.3 Å². The molecule has 0 aliphatic carbocycles. The van der Waals surface area contributed by atoms with E-state index >= 15 is 0 Å². The van der Waals surface area contributed by atoms with E-state index in [4.69, 9.17) is 5.26 Å². The van der Waals surface area contributed by atoms with Gasteiger partial charge in [-0.2, -0.15) is 5.26 Å². The summed E-state index contributed by atoms with van der Waals surface area (Å²) in [4.78, 5) is 15.0. The minimum absolute atomic E-state index is 0.457. The lowest BCUT2D eigenvalue weighted by Crippen LogP contribution is -2.00. The molecule has 0 aliphatic rings. The van der Waals surface area contributed by atoms with Crippen LogP contribution in [0.5, 0.6) is 0 Å². The number of thiazole rings is 1. The molecule has 0 aromatic carbocycles. The van der Waals surface area contributed by atoms with E-state index in [1.807, 2.05) is 11.4 Å². The second-order valence-corrected chi connectivity index (χ2v) is 3.82. The second-order valence-electron chi connectivity index (χ2n) is 2.95. The standard InChI is InChI=1S/C10H7N3OS/c1-7-8(5-11)4-9(6-14)13(7)10-12-2-3-15-10/h2-4,6H,1H3. The number of carbonyl (C=O) groups excluding carboxylic acids is 1. The summed E-state index contributed by atoms with van der Waals surface area (Å²) in [5, 5.41) is 11.4. The largest absolute Gasteiger partial charge is 0.296 e. The van der Waals surface area contributed by atoms with Crippen molar-refractivity contribution < 1.29 is 4.79 Å². The van der Waals surface area contributed by atoms with E-state index in [2.05, 4.69) is 4.98 Å². The highest BCUT2D eigenvalue weighted by molar-refractivity contribution is 7.12. The summed E-state index contributed by atoms with van der Waals surface area (Å²) in [7, 11) is 0. The molecule has 4 nitrogen and oxygen atoms in total. The van der Waals surface area contributed by atoms with Crippen LogP contribution < -0.4 is 0 Å². The lowest BCUT2D eigenvalue weighted by atomic mass is 10.3. The van der Waals surface area contributed by atoms with Crippen molar-refractivity contribution in [3.8, 4) is 11.2 Å². The molecule has 0 fully saturated rings. The Morgan fingerprint density at radius 1 is 1.67 bits per heavy atom. The van der Waals surface area contributed by atoms with E-state index < -0.39 is 0 Å². The first-order chi connectivity index (χ1) is 7.27. The number of nitriles is 1. The fourth-order valence-corrected chi connectivity index (χ4v) is 2.12. The molecule has 0 aliphatic heterocycles. The summed E-state index contributed by atoms with van der Waals surface area (Å²) in [6, 6.07) is 3.62. The van der Waals surface area contributed by atoms with Crippen molar-refractivity contribution in [1.82, 2.24) is 9.55 Å². The van der Waals surface area contributed by atoms with E-state index in [0.29, 0.717) is 16.4 Å². The maximum atomic E-state index is 10.9. The monoisotopic (exact) mass is 217 g/mol. The number of hydrogen-bond acceptors (Lipinski definition) is 4. The molecular weight excluding hydrogens is 210 g/mol. The summed E-state index contributed by atoms with van der Waals surface area (Å²) in [6.45, 7) is 1.80. The zero-order valence-electron chi connectivity index (χ0n) is 7.97. The van der Waals surface area contributed by atoms with Crippen LogP contribution in [-0.2, 0) is 0 Å². The molecule has 2 aromatic rings. The van der Waals surface area contributed by atoms with Crippen LogP contribution >= 0.6 is 11.3 Å². The van der Waals surface area contributed by atoms with Crippen molar-refractivity contribution in [1.29, 1.82) is 5.26 Å². The van der Waals surface area contributed by atoms with Gasteiger partial charge >= 0.3 is 0 Å². The first-order valence-electron chi connectivity index (χ1n) is 4.25. The zero-order chi connectivity index (χ0) is 10.8. The fourth-order valence-electron chi connectivity index (χ4n) is 1.41. The van der Waals surface area contributed by atoms with Crippen LogP contribution in [0.15, 0.2) is 17.6 Å². The Labute approximate surface area is 90.4 Å². The number of hydrogen-bond donors (Lipinski definition) is 0. The molecule has 0 atom stereocenters. The Hall–Kier alpha value is -1.93. The van der Waals surface area contributed by atoms with Crippen LogP contribution in [-0.4, -0.2) is 15.8 Å². The number of nitrogens with zero attached hydrogens (tertiary/aromatic N) is 3. The molecule has 5 heteroatoms. The van der Waals surface area contributed by atoms with Gasteiger partial charge < -0.3 is 0 Å². The molecule has 0 bridgehead atoms. The van der Waals surface area contributed by atoms with E-state index in [1.54, 1.807) is 23.8 Å². The van der Waals surface area contributed by atoms with E-state index in [9.17, 15) is 4.79 Å². The third-order valence-corrected chi connectivity index (χ3v) is 2.88. The fraction of sp³-hybridized carbons (Fsp3) is 0.100. The number of aromatic nitrogens is 2. The normalized spacial score (nSPS) is 9.87. The van der Waals surface area contributed by atoms with Crippen molar-refractivity contribution in [3.63, 3.8) is 0 Å². The Balaban J connectivity index is 2.70. The maximum Gasteiger partial charge on any atom is 0.194 e. The zero-order valence-corrected chi connectivity index (χ0v) is 8.78. The Bertz CT molecular complexity index is 534. The summed E-state index contributed by atoms with van der Waals surface area (Å²) < 4.78 is 1.69. The molecule has 2 rings (SSSR count). The molecule has 15 heavy (non-hydrogen) atoms. The van der Waals surface area contributed by atoms with Crippen molar-refractivity contribution in [2.75, 3.05) is 0 Å². The molecule has 0 amide bonds. The number of carbonyl (C=O) groups is 1. The minimum Gasteiger partial charge on any atom is -0.296 e. The molecule has 74 valence electrons. The van der Waals surface area contributed by atoms with Gasteiger partial charge in [-0.1, -0.05) is 0 Å². The smallest absolute Gasteiger partial charge is 0.194 e. The van der Waals surface area contributed by atoms with Crippen LogP contribution in [0.1, 0.15) is 21.7 Å². The molecular formula is C10H7N3OS. The molecule has 0 N–H and O–H groups in total. The SMILES string of the molecule is Cc1c(C#N)cc(C=O)n1-c1nccs1. The molecule has 2 heterocycles. The number of rotatable bonds is 2. The van der Waals surface area contributed by atoms with E-state index in [-0.39, 0.29) is 0 Å². The first-order valence-corrected chi connectivity index (χ1v) is 5.13. The molecule has 0 radical (unpaired) electrons. The highest BCUT2D eigenvalue weighted by Gasteiger charge is 2.13. The maximum absolute atomic E-state index is 10.9. The van der Waals surface area contributed by atoms with Crippen LogP contribution in [0.3, 0.4) is 0 Å². The van der Waals surface area contributed by atoms with Gasteiger partial charge in [-0.05, 0) is 13.0 Å². The van der Waals surface area contributed by atoms with Crippen LogP contribution in [0.25, 0.3) is 5.13 Å². The molecule has 0 saturated carbocycles. The van der Waals surface area contributed by atoms with E-state index in [0.717, 1.165) is 12.0 Å². The topological polar surface area (TPSA) is 58.7 Å². The van der Waals surface area contributed by atoms with Crippen molar-refractivity contribution in [2.45, 2.75) is 6.92 Å². The van der Waals surface area contributed by atoms with Crippen molar-refractivity contribution >= 4 is 17.6 Å². The highest BCUT2D eigenvalue weighted by atomic mass is 32.1. The predicted octanol–water partition coefficient (Wildman–Crippen LogP) is 1.93. The average molecular weight is 217 g/mol. The summed E-state index contributed by atoms with van der Waals surface area (Å²) in [5.41, 5.74) is 1.71. The average Bonchev–Trinajstić information content (AvgIpc) is 2.84. The Morgan fingerprint density at radius 2 is 2.47 bits per heavy atom. The van der Waals surface area contributed by atoms with Gasteiger partial charge in [0.15, 0.2) is 11.4 Å². The lowest BCUT2D eigenvalue weighted by molar-refractivity contribution is 0.111. The number of aldehydes is 1. The summed E-state index contributed by atoms with van der Waals surface area (Å²) in [6.07, 6.45) is 2.40. The van der Waals surface area contributed by atoms with Crippen LogP contribution in [0.2, 0.25) is 0 Å². The van der Waals surface area contributed by atoms with E-state index in [1.165, 1.54) is 11.3 Å². The van der Waals surface area contributed by atoms with Gasteiger partial charge in [0.2, 0.25) is 0 Å². The lowest BCUT2D eigenvalue weighted by Gasteiger charge is -2.02. The third kappa shape index (κ3) is 1.45. The van der Waals surface area contributed by atoms with Crippen molar-refractivity contribution in [3.05, 3.63) is 34.6 Å². The molecule has 0 saturated heterocycles. The molecule has 0 unspecified atom stereocenters. The van der Waals surface area contributed by atoms with Gasteiger partial charge in [0.1, 0.15) is 6.07 Å². The second kappa shape index (κ2) is 3.67. The van der Waals surface area contributed by atoms with Gasteiger partial charge in [-0.25, -0.2) is 4.98 Å². The van der Waals surface area contributed by atoms with Crippen LogP contribution in [0.4, 0.5) is 0 Å². The van der Waals surface area contributed by atoms with Gasteiger partial charge in [0.25, 0.3) is 0 Å². The highest BCUT2D eigenvalue weighted by Crippen LogP contribution is 2.20. The minimum atomic E-state index is 0.457. The first kappa shape index (κ1) is 9.62. The van der Waals surface area contributed by atoms with Crippen molar-refractivity contribution in [2.24, 2.45) is 0 Å².